The predicted octanol–water partition coefficient (Wildman–Crippen LogP) is 6.62. The van der Waals surface area contributed by atoms with E-state index in [0.29, 0.717) is 15.6 Å². The van der Waals surface area contributed by atoms with Gasteiger partial charge in [-0.05, 0) is 59.4 Å². The van der Waals surface area contributed by atoms with Crippen LogP contribution in [0.4, 0.5) is 18.9 Å². The summed E-state index contributed by atoms with van der Waals surface area (Å²) in [7, 11) is 0. The summed E-state index contributed by atoms with van der Waals surface area (Å²) in [4.78, 5) is 0. The van der Waals surface area contributed by atoms with Crippen LogP contribution in [-0.2, 0) is 6.18 Å². The van der Waals surface area contributed by atoms with Gasteiger partial charge in [0.2, 0.25) is 0 Å². The van der Waals surface area contributed by atoms with Crippen LogP contribution in [0.1, 0.15) is 29.0 Å². The minimum atomic E-state index is -4.36. The summed E-state index contributed by atoms with van der Waals surface area (Å²) in [5.74, 6) is 0.120. The Hall–Kier alpha value is -1.65. The third-order valence-corrected chi connectivity index (χ3v) is 5.51. The van der Waals surface area contributed by atoms with E-state index in [4.69, 9.17) is 23.2 Å². The number of rotatable bonds is 1. The molecule has 1 aliphatic carbocycles. The molecule has 0 saturated heterocycles. The molecule has 2 aromatic carbocycles. The molecule has 130 valence electrons. The highest BCUT2D eigenvalue weighted by atomic mass is 35.5. The van der Waals surface area contributed by atoms with Crippen LogP contribution in [0, 0.1) is 5.92 Å². The molecule has 2 aliphatic rings. The third kappa shape index (κ3) is 2.91. The SMILES string of the molecule is FC(F)(F)c1ccc2c(c1)C1C(c3ccc(Cl)cc3Cl)=CCC1CN2. The van der Waals surface area contributed by atoms with Crippen LogP contribution in [0.25, 0.3) is 5.57 Å². The van der Waals surface area contributed by atoms with Crippen LogP contribution in [0.3, 0.4) is 0 Å². The van der Waals surface area contributed by atoms with E-state index in [1.807, 2.05) is 6.07 Å². The molecule has 1 nitrogen and oxygen atoms in total. The van der Waals surface area contributed by atoms with E-state index in [1.165, 1.54) is 12.1 Å². The van der Waals surface area contributed by atoms with Crippen molar-refractivity contribution < 1.29 is 13.2 Å². The fourth-order valence-corrected chi connectivity index (χ4v) is 4.34. The molecule has 0 bridgehead atoms. The van der Waals surface area contributed by atoms with E-state index in [-0.39, 0.29) is 11.8 Å². The standard InChI is InChI=1S/C19H14Cl2F3N/c20-12-3-5-13(16(21)8-12)14-4-1-10-9-25-17-6-2-11(19(22,23)24)7-15(17)18(10)14/h2-8,10,18,25H,1,9H2. The molecule has 2 atom stereocenters. The molecule has 25 heavy (non-hydrogen) atoms. The number of nitrogens with one attached hydrogen (secondary N) is 1. The Morgan fingerprint density at radius 2 is 1.84 bits per heavy atom. The van der Waals surface area contributed by atoms with Gasteiger partial charge in [0.05, 0.1) is 5.56 Å². The van der Waals surface area contributed by atoms with Crippen molar-refractivity contribution in [2.75, 3.05) is 11.9 Å². The van der Waals surface area contributed by atoms with Crippen molar-refractivity contribution in [3.05, 3.63) is 69.2 Å². The first-order valence-corrected chi connectivity index (χ1v) is 8.70. The monoisotopic (exact) mass is 383 g/mol. The van der Waals surface area contributed by atoms with Gasteiger partial charge in [-0.1, -0.05) is 35.3 Å². The Labute approximate surface area is 153 Å². The van der Waals surface area contributed by atoms with E-state index in [2.05, 4.69) is 11.4 Å². The maximum absolute atomic E-state index is 13.2. The molecule has 2 aromatic rings. The first kappa shape index (κ1) is 16.8. The zero-order valence-electron chi connectivity index (χ0n) is 13.0. The average Bonchev–Trinajstić information content (AvgIpc) is 2.98. The predicted molar refractivity (Wildman–Crippen MR) is 95.2 cm³/mol. The van der Waals surface area contributed by atoms with Crippen LogP contribution in [0.2, 0.25) is 10.0 Å². The van der Waals surface area contributed by atoms with Crippen LogP contribution in [-0.4, -0.2) is 6.54 Å². The highest BCUT2D eigenvalue weighted by molar-refractivity contribution is 6.35. The zero-order valence-corrected chi connectivity index (χ0v) is 14.5. The molecule has 6 heteroatoms. The van der Waals surface area contributed by atoms with E-state index in [9.17, 15) is 13.2 Å². The first-order valence-electron chi connectivity index (χ1n) is 7.95. The molecular weight excluding hydrogens is 370 g/mol. The summed E-state index contributed by atoms with van der Waals surface area (Å²) in [5.41, 5.74) is 2.63. The lowest BCUT2D eigenvalue weighted by atomic mass is 9.78. The van der Waals surface area contributed by atoms with Crippen LogP contribution in [0.15, 0.2) is 42.5 Å². The summed E-state index contributed by atoms with van der Waals surface area (Å²) in [6.07, 6.45) is -1.47. The number of anilines is 1. The third-order valence-electron chi connectivity index (χ3n) is 4.96. The summed E-state index contributed by atoms with van der Waals surface area (Å²) < 4.78 is 39.5. The molecule has 2 unspecified atom stereocenters. The largest absolute Gasteiger partial charge is 0.416 e. The molecule has 4 rings (SSSR count). The number of alkyl halides is 3. The molecule has 1 N–H and O–H groups in total. The minimum Gasteiger partial charge on any atom is -0.384 e. The summed E-state index contributed by atoms with van der Waals surface area (Å²) in [6.45, 7) is 0.730. The van der Waals surface area contributed by atoms with Crippen LogP contribution < -0.4 is 5.32 Å². The van der Waals surface area contributed by atoms with Gasteiger partial charge in [-0.2, -0.15) is 13.2 Å². The van der Waals surface area contributed by atoms with Gasteiger partial charge >= 0.3 is 6.18 Å². The van der Waals surface area contributed by atoms with Gasteiger partial charge in [-0.25, -0.2) is 0 Å². The van der Waals surface area contributed by atoms with E-state index in [0.717, 1.165) is 35.9 Å². The van der Waals surface area contributed by atoms with Gasteiger partial charge < -0.3 is 5.32 Å². The lowest BCUT2D eigenvalue weighted by molar-refractivity contribution is -0.137. The van der Waals surface area contributed by atoms with Crippen molar-refractivity contribution in [1.29, 1.82) is 0 Å². The average molecular weight is 384 g/mol. The van der Waals surface area contributed by atoms with Crippen molar-refractivity contribution >= 4 is 34.5 Å². The highest BCUT2D eigenvalue weighted by Crippen LogP contribution is 2.51. The Kier molecular flexibility index (Phi) is 4.00. The molecule has 0 amide bonds. The van der Waals surface area contributed by atoms with Crippen molar-refractivity contribution in [3.8, 4) is 0 Å². The topological polar surface area (TPSA) is 12.0 Å². The number of fused-ring (bicyclic) bond motifs is 3. The molecule has 0 aromatic heterocycles. The number of benzene rings is 2. The van der Waals surface area contributed by atoms with Crippen molar-refractivity contribution in [3.63, 3.8) is 0 Å². The van der Waals surface area contributed by atoms with E-state index < -0.39 is 11.7 Å². The molecule has 1 aliphatic heterocycles. The van der Waals surface area contributed by atoms with E-state index >= 15 is 0 Å². The maximum atomic E-state index is 13.2. The van der Waals surface area contributed by atoms with Gasteiger partial charge in [-0.15, -0.1) is 0 Å². The molecule has 0 spiro atoms. The Morgan fingerprint density at radius 1 is 1.04 bits per heavy atom. The van der Waals surface area contributed by atoms with Gasteiger partial charge in [0, 0.05) is 28.2 Å². The zero-order chi connectivity index (χ0) is 17.8. The second-order valence-electron chi connectivity index (χ2n) is 6.44. The summed E-state index contributed by atoms with van der Waals surface area (Å²) >= 11 is 12.3. The molecule has 0 fully saturated rings. The summed E-state index contributed by atoms with van der Waals surface area (Å²) in [6, 6.07) is 9.18. The lowest BCUT2D eigenvalue weighted by Crippen LogP contribution is -2.26. The normalized spacial score (nSPS) is 22.0. The highest BCUT2D eigenvalue weighted by Gasteiger charge is 2.39. The molecule has 0 saturated carbocycles. The van der Waals surface area contributed by atoms with E-state index in [1.54, 1.807) is 12.1 Å². The fraction of sp³-hybridized carbons (Fsp3) is 0.263. The lowest BCUT2D eigenvalue weighted by Gasteiger charge is -2.32. The molecule has 0 radical (unpaired) electrons. The fourth-order valence-electron chi connectivity index (χ4n) is 3.82. The van der Waals surface area contributed by atoms with Crippen molar-refractivity contribution in [2.45, 2.75) is 18.5 Å². The quantitative estimate of drug-likeness (QED) is 0.582. The molecular formula is C19H14Cl2F3N. The van der Waals surface area contributed by atoms with Gasteiger partial charge in [0.1, 0.15) is 0 Å². The maximum Gasteiger partial charge on any atom is 0.416 e. The van der Waals surface area contributed by atoms with Gasteiger partial charge in [0.15, 0.2) is 0 Å². The number of hydrogen-bond donors (Lipinski definition) is 1. The number of halogens is 5. The van der Waals surface area contributed by atoms with Crippen LogP contribution in [0.5, 0.6) is 0 Å². The van der Waals surface area contributed by atoms with Gasteiger partial charge in [0.25, 0.3) is 0 Å². The summed E-state index contributed by atoms with van der Waals surface area (Å²) in [5, 5.41) is 4.31. The second kappa shape index (κ2) is 5.96. The smallest absolute Gasteiger partial charge is 0.384 e. The van der Waals surface area contributed by atoms with Crippen molar-refractivity contribution in [1.82, 2.24) is 0 Å². The number of hydrogen-bond acceptors (Lipinski definition) is 1. The molecule has 1 heterocycles. The second-order valence-corrected chi connectivity index (χ2v) is 7.28. The minimum absolute atomic E-state index is 0.0998. The van der Waals surface area contributed by atoms with Gasteiger partial charge in [-0.3, -0.25) is 0 Å². The first-order chi connectivity index (χ1) is 11.8. The Balaban J connectivity index is 1.82. The Morgan fingerprint density at radius 3 is 2.56 bits per heavy atom. The Bertz CT molecular complexity index is 873. The van der Waals surface area contributed by atoms with Crippen LogP contribution >= 0.6 is 23.2 Å². The van der Waals surface area contributed by atoms with Crippen molar-refractivity contribution in [2.24, 2.45) is 5.92 Å². The number of allylic oxidation sites excluding steroid dienone is 2.